The van der Waals surface area contributed by atoms with Crippen LogP contribution < -0.4 is 10.9 Å². The fraction of sp³-hybridized carbons (Fsp3) is 0.143. The normalized spacial score (nSPS) is 11.6. The Morgan fingerprint density at radius 3 is 2.31 bits per heavy atom. The third-order valence-corrected chi connectivity index (χ3v) is 2.53. The van der Waals surface area contributed by atoms with Crippen molar-refractivity contribution in [3.63, 3.8) is 0 Å². The molecule has 0 aliphatic carbocycles. The van der Waals surface area contributed by atoms with Crippen molar-refractivity contribution in [1.82, 2.24) is 0 Å². The van der Waals surface area contributed by atoms with Gasteiger partial charge >= 0.3 is 0 Å². The minimum atomic E-state index is -3.86. The Labute approximate surface area is 75.4 Å². The summed E-state index contributed by atoms with van der Waals surface area (Å²) < 4.78 is 34.6. The molecule has 0 bridgehead atoms. The molecule has 0 radical (unpaired) electrons. The maximum absolute atomic E-state index is 12.9. The predicted molar refractivity (Wildman–Crippen MR) is 46.9 cm³/mol. The molecule has 4 N–H and O–H groups in total. The molecule has 0 unspecified atom stereocenters. The second-order valence-electron chi connectivity index (χ2n) is 2.68. The van der Waals surface area contributed by atoms with Crippen molar-refractivity contribution in [2.24, 2.45) is 5.14 Å². The fourth-order valence-corrected chi connectivity index (χ4v) is 1.50. The molecule has 0 heterocycles. The third kappa shape index (κ3) is 1.96. The summed E-state index contributed by atoms with van der Waals surface area (Å²) in [6.45, 7) is 1.51. The summed E-state index contributed by atoms with van der Waals surface area (Å²) in [7, 11) is -3.86. The molecule has 0 fully saturated rings. The van der Waals surface area contributed by atoms with Gasteiger partial charge in [-0.1, -0.05) is 0 Å². The first kappa shape index (κ1) is 9.94. The molecule has 4 nitrogen and oxygen atoms in total. The SMILES string of the molecule is Cc1cc(S(N)(=O)=O)cc(F)c1N. The smallest absolute Gasteiger partial charge is 0.238 e. The number of nitrogens with two attached hydrogens (primary N) is 2. The molecule has 1 aromatic rings. The van der Waals surface area contributed by atoms with E-state index in [2.05, 4.69) is 0 Å². The van der Waals surface area contributed by atoms with Crippen LogP contribution in [0.3, 0.4) is 0 Å². The summed E-state index contributed by atoms with van der Waals surface area (Å²) in [6, 6.07) is 2.03. The lowest BCUT2D eigenvalue weighted by Gasteiger charge is -2.04. The molecular weight excluding hydrogens is 195 g/mol. The number of benzene rings is 1. The highest BCUT2D eigenvalue weighted by atomic mass is 32.2. The van der Waals surface area contributed by atoms with Crippen molar-refractivity contribution >= 4 is 15.7 Å². The first-order chi connectivity index (χ1) is 5.82. The molecule has 72 valence electrons. The molecular formula is C7H9FN2O2S. The zero-order chi connectivity index (χ0) is 10.2. The number of sulfonamides is 1. The number of halogens is 1. The monoisotopic (exact) mass is 204 g/mol. The van der Waals surface area contributed by atoms with Gasteiger partial charge in [0.25, 0.3) is 0 Å². The molecule has 0 atom stereocenters. The average molecular weight is 204 g/mol. The second kappa shape index (κ2) is 2.97. The molecule has 1 rings (SSSR count). The van der Waals surface area contributed by atoms with Crippen molar-refractivity contribution in [3.8, 4) is 0 Å². The van der Waals surface area contributed by atoms with E-state index in [1.165, 1.54) is 13.0 Å². The van der Waals surface area contributed by atoms with Crippen LogP contribution in [-0.4, -0.2) is 8.42 Å². The van der Waals surface area contributed by atoms with E-state index in [9.17, 15) is 12.8 Å². The highest BCUT2D eigenvalue weighted by Crippen LogP contribution is 2.19. The van der Waals surface area contributed by atoms with Gasteiger partial charge in [0.15, 0.2) is 0 Å². The van der Waals surface area contributed by atoms with E-state index in [-0.39, 0.29) is 10.6 Å². The van der Waals surface area contributed by atoms with Crippen LogP contribution in [0.15, 0.2) is 17.0 Å². The molecule has 0 spiro atoms. The number of primary sulfonamides is 1. The van der Waals surface area contributed by atoms with E-state index in [0.717, 1.165) is 6.07 Å². The topological polar surface area (TPSA) is 86.2 Å². The molecule has 0 aliphatic heterocycles. The minimum absolute atomic E-state index is 0.0626. The van der Waals surface area contributed by atoms with E-state index in [1.54, 1.807) is 0 Å². The number of hydrogen-bond donors (Lipinski definition) is 2. The summed E-state index contributed by atoms with van der Waals surface area (Å²) in [5, 5.41) is 4.81. The van der Waals surface area contributed by atoms with Crippen molar-refractivity contribution in [1.29, 1.82) is 0 Å². The Hall–Kier alpha value is -1.14. The Bertz CT molecular complexity index is 419. The van der Waals surface area contributed by atoms with Crippen LogP contribution in [0.5, 0.6) is 0 Å². The van der Waals surface area contributed by atoms with Crippen LogP contribution in [0, 0.1) is 12.7 Å². The Kier molecular flexibility index (Phi) is 2.27. The van der Waals surface area contributed by atoms with Gasteiger partial charge in [-0.3, -0.25) is 0 Å². The zero-order valence-corrected chi connectivity index (χ0v) is 7.73. The summed E-state index contributed by atoms with van der Waals surface area (Å²) in [4.78, 5) is -0.267. The largest absolute Gasteiger partial charge is 0.396 e. The van der Waals surface area contributed by atoms with E-state index >= 15 is 0 Å². The van der Waals surface area contributed by atoms with Crippen molar-refractivity contribution < 1.29 is 12.8 Å². The van der Waals surface area contributed by atoms with Gasteiger partial charge in [-0.05, 0) is 24.6 Å². The summed E-state index contributed by atoms with van der Waals surface area (Å²) in [5.41, 5.74) is 5.57. The summed E-state index contributed by atoms with van der Waals surface area (Å²) in [5.74, 6) is -0.774. The van der Waals surface area contributed by atoms with Crippen molar-refractivity contribution in [2.45, 2.75) is 11.8 Å². The molecule has 0 saturated carbocycles. The van der Waals surface area contributed by atoms with Crippen LogP contribution in [-0.2, 0) is 10.0 Å². The Morgan fingerprint density at radius 1 is 1.38 bits per heavy atom. The van der Waals surface area contributed by atoms with Crippen molar-refractivity contribution in [2.75, 3.05) is 5.73 Å². The van der Waals surface area contributed by atoms with E-state index in [4.69, 9.17) is 10.9 Å². The van der Waals surface area contributed by atoms with Crippen LogP contribution in [0.4, 0.5) is 10.1 Å². The van der Waals surface area contributed by atoms with E-state index in [1.807, 2.05) is 0 Å². The van der Waals surface area contributed by atoms with Gasteiger partial charge in [0, 0.05) is 0 Å². The highest BCUT2D eigenvalue weighted by molar-refractivity contribution is 7.89. The number of anilines is 1. The van der Waals surface area contributed by atoms with Gasteiger partial charge in [0.1, 0.15) is 5.82 Å². The number of hydrogen-bond acceptors (Lipinski definition) is 3. The standard InChI is InChI=1S/C7H9FN2O2S/c1-4-2-5(13(10,11)12)3-6(8)7(4)9/h2-3H,9H2,1H3,(H2,10,11,12). The lowest BCUT2D eigenvalue weighted by molar-refractivity contribution is 0.593. The molecule has 1 aromatic carbocycles. The van der Waals surface area contributed by atoms with Crippen LogP contribution in [0.25, 0.3) is 0 Å². The van der Waals surface area contributed by atoms with E-state index < -0.39 is 15.8 Å². The number of aryl methyl sites for hydroxylation is 1. The van der Waals surface area contributed by atoms with Crippen molar-refractivity contribution in [3.05, 3.63) is 23.5 Å². The molecule has 13 heavy (non-hydrogen) atoms. The molecule has 0 amide bonds. The quantitative estimate of drug-likeness (QED) is 0.648. The van der Waals surface area contributed by atoms with Gasteiger partial charge in [0.2, 0.25) is 10.0 Å². The number of nitrogen functional groups attached to an aromatic ring is 1. The zero-order valence-electron chi connectivity index (χ0n) is 6.91. The van der Waals surface area contributed by atoms with Gasteiger partial charge in [0.05, 0.1) is 10.6 Å². The lowest BCUT2D eigenvalue weighted by atomic mass is 10.2. The van der Waals surface area contributed by atoms with Crippen LogP contribution in [0.2, 0.25) is 0 Å². The van der Waals surface area contributed by atoms with Crippen LogP contribution in [0.1, 0.15) is 5.56 Å². The maximum atomic E-state index is 12.9. The van der Waals surface area contributed by atoms with Gasteiger partial charge < -0.3 is 5.73 Å². The van der Waals surface area contributed by atoms with Crippen LogP contribution >= 0.6 is 0 Å². The summed E-state index contributed by atoms with van der Waals surface area (Å²) in [6.07, 6.45) is 0. The predicted octanol–water partition coefficient (Wildman–Crippen LogP) is 0.364. The first-order valence-corrected chi connectivity index (χ1v) is 4.95. The highest BCUT2D eigenvalue weighted by Gasteiger charge is 2.12. The maximum Gasteiger partial charge on any atom is 0.238 e. The molecule has 0 aromatic heterocycles. The fourth-order valence-electron chi connectivity index (χ4n) is 0.888. The molecule has 0 saturated heterocycles. The number of rotatable bonds is 1. The average Bonchev–Trinajstić information content (AvgIpc) is 1.97. The molecule has 6 heteroatoms. The van der Waals surface area contributed by atoms with Gasteiger partial charge in [-0.2, -0.15) is 0 Å². The molecule has 0 aliphatic rings. The first-order valence-electron chi connectivity index (χ1n) is 3.41. The van der Waals surface area contributed by atoms with Gasteiger partial charge in [-0.25, -0.2) is 17.9 Å². The lowest BCUT2D eigenvalue weighted by Crippen LogP contribution is -2.13. The Balaban J connectivity index is 3.47. The Morgan fingerprint density at radius 2 is 1.92 bits per heavy atom. The third-order valence-electron chi connectivity index (χ3n) is 1.64. The minimum Gasteiger partial charge on any atom is -0.396 e. The summed E-state index contributed by atoms with van der Waals surface area (Å²) >= 11 is 0. The van der Waals surface area contributed by atoms with Gasteiger partial charge in [-0.15, -0.1) is 0 Å². The second-order valence-corrected chi connectivity index (χ2v) is 4.24. The van der Waals surface area contributed by atoms with E-state index in [0.29, 0.717) is 5.56 Å².